The molecule has 0 aromatic rings. The van der Waals surface area contributed by atoms with E-state index in [1.807, 2.05) is 0 Å². The standard InChI is InChI=1S/C12H21NO6S/c1-11(2,3)19-10(16)13-12(7-9(14)15)5-4-6-20(17,18)8-12/h4-8H2,1-3H3,(H,13,16)(H,14,15). The first-order valence-electron chi connectivity index (χ1n) is 6.37. The molecule has 8 heteroatoms. The lowest BCUT2D eigenvalue weighted by molar-refractivity contribution is -0.138. The maximum atomic E-state index is 11.8. The van der Waals surface area contributed by atoms with Crippen molar-refractivity contribution in [3.05, 3.63) is 0 Å². The van der Waals surface area contributed by atoms with Crippen molar-refractivity contribution in [1.82, 2.24) is 5.32 Å². The van der Waals surface area contributed by atoms with Crippen LogP contribution in [0.3, 0.4) is 0 Å². The molecule has 1 unspecified atom stereocenters. The molecule has 1 heterocycles. The molecule has 1 saturated heterocycles. The van der Waals surface area contributed by atoms with Gasteiger partial charge < -0.3 is 15.2 Å². The quantitative estimate of drug-likeness (QED) is 0.802. The number of hydrogen-bond donors (Lipinski definition) is 2. The molecule has 1 aliphatic rings. The van der Waals surface area contributed by atoms with Gasteiger partial charge in [-0.25, -0.2) is 13.2 Å². The number of sulfone groups is 1. The second-order valence-corrected chi connectivity index (χ2v) is 8.36. The minimum atomic E-state index is -3.36. The van der Waals surface area contributed by atoms with Crippen LogP contribution in [0.15, 0.2) is 0 Å². The van der Waals surface area contributed by atoms with Crippen LogP contribution in [-0.2, 0) is 19.4 Å². The van der Waals surface area contributed by atoms with Gasteiger partial charge in [0.25, 0.3) is 0 Å². The number of carboxylic acid groups (broad SMARTS) is 1. The van der Waals surface area contributed by atoms with Gasteiger partial charge in [-0.05, 0) is 33.6 Å². The summed E-state index contributed by atoms with van der Waals surface area (Å²) in [4.78, 5) is 22.8. The third-order valence-corrected chi connectivity index (χ3v) is 4.77. The number of aliphatic carboxylic acids is 1. The monoisotopic (exact) mass is 307 g/mol. The Hall–Kier alpha value is -1.31. The van der Waals surface area contributed by atoms with Crippen LogP contribution >= 0.6 is 0 Å². The highest BCUT2D eigenvalue weighted by Crippen LogP contribution is 2.27. The molecule has 1 aliphatic heterocycles. The van der Waals surface area contributed by atoms with Crippen molar-refractivity contribution in [1.29, 1.82) is 0 Å². The summed E-state index contributed by atoms with van der Waals surface area (Å²) in [6.45, 7) is 5.02. The van der Waals surface area contributed by atoms with E-state index in [1.165, 1.54) is 0 Å². The van der Waals surface area contributed by atoms with E-state index in [2.05, 4.69) is 5.32 Å². The number of nitrogens with one attached hydrogen (secondary N) is 1. The first kappa shape index (κ1) is 16.7. The van der Waals surface area contributed by atoms with Crippen LogP contribution in [0.2, 0.25) is 0 Å². The number of carboxylic acids is 1. The van der Waals surface area contributed by atoms with Gasteiger partial charge in [0.15, 0.2) is 9.84 Å². The zero-order valence-electron chi connectivity index (χ0n) is 11.9. The van der Waals surface area contributed by atoms with E-state index in [4.69, 9.17) is 9.84 Å². The highest BCUT2D eigenvalue weighted by Gasteiger charge is 2.42. The highest BCUT2D eigenvalue weighted by molar-refractivity contribution is 7.91. The largest absolute Gasteiger partial charge is 0.481 e. The van der Waals surface area contributed by atoms with Gasteiger partial charge >= 0.3 is 12.1 Å². The van der Waals surface area contributed by atoms with Crippen molar-refractivity contribution >= 4 is 21.9 Å². The molecule has 0 saturated carbocycles. The van der Waals surface area contributed by atoms with Crippen molar-refractivity contribution in [3.63, 3.8) is 0 Å². The molecule has 0 bridgehead atoms. The van der Waals surface area contributed by atoms with Gasteiger partial charge in [0, 0.05) is 0 Å². The Labute approximate surface area is 118 Å². The van der Waals surface area contributed by atoms with E-state index < -0.39 is 39.5 Å². The molecule has 1 fully saturated rings. The molecular weight excluding hydrogens is 286 g/mol. The molecule has 0 aromatic heterocycles. The van der Waals surface area contributed by atoms with Gasteiger partial charge in [-0.1, -0.05) is 0 Å². The molecule has 0 aromatic carbocycles. The van der Waals surface area contributed by atoms with Crippen molar-refractivity contribution in [2.75, 3.05) is 11.5 Å². The average molecular weight is 307 g/mol. The van der Waals surface area contributed by atoms with Gasteiger partial charge in [0.2, 0.25) is 0 Å². The number of carbonyl (C=O) groups excluding carboxylic acids is 1. The molecule has 20 heavy (non-hydrogen) atoms. The van der Waals surface area contributed by atoms with Gasteiger partial charge in [-0.3, -0.25) is 4.79 Å². The van der Waals surface area contributed by atoms with Gasteiger partial charge in [0.05, 0.1) is 23.5 Å². The smallest absolute Gasteiger partial charge is 0.408 e. The van der Waals surface area contributed by atoms with Gasteiger partial charge in [0.1, 0.15) is 5.60 Å². The molecule has 116 valence electrons. The van der Waals surface area contributed by atoms with Crippen molar-refractivity contribution in [2.24, 2.45) is 0 Å². The van der Waals surface area contributed by atoms with E-state index in [9.17, 15) is 18.0 Å². The van der Waals surface area contributed by atoms with Crippen LogP contribution < -0.4 is 5.32 Å². The van der Waals surface area contributed by atoms with Crippen LogP contribution in [0.5, 0.6) is 0 Å². The van der Waals surface area contributed by atoms with Crippen LogP contribution in [0.1, 0.15) is 40.0 Å². The fraction of sp³-hybridized carbons (Fsp3) is 0.833. The number of ether oxygens (including phenoxy) is 1. The van der Waals surface area contributed by atoms with Crippen LogP contribution in [0, 0.1) is 0 Å². The fourth-order valence-corrected chi connectivity index (χ4v) is 4.18. The lowest BCUT2D eigenvalue weighted by atomic mass is 9.91. The molecule has 2 N–H and O–H groups in total. The molecule has 1 amide bonds. The summed E-state index contributed by atoms with van der Waals surface area (Å²) in [6.07, 6.45) is -0.606. The lowest BCUT2D eigenvalue weighted by Gasteiger charge is -2.36. The first-order valence-corrected chi connectivity index (χ1v) is 8.19. The van der Waals surface area contributed by atoms with Crippen molar-refractivity contribution in [2.45, 2.75) is 51.2 Å². The van der Waals surface area contributed by atoms with Crippen molar-refractivity contribution in [3.8, 4) is 0 Å². The average Bonchev–Trinajstić information content (AvgIpc) is 2.08. The number of amides is 1. The highest BCUT2D eigenvalue weighted by atomic mass is 32.2. The second kappa shape index (κ2) is 5.59. The number of alkyl carbamates (subject to hydrolysis) is 1. The summed E-state index contributed by atoms with van der Waals surface area (Å²) in [5, 5.41) is 11.4. The van der Waals surface area contributed by atoms with Gasteiger partial charge in [-0.2, -0.15) is 0 Å². The predicted octanol–water partition coefficient (Wildman–Crippen LogP) is 0.933. The SMILES string of the molecule is CC(C)(C)OC(=O)NC1(CC(=O)O)CCCS(=O)(=O)C1. The summed E-state index contributed by atoms with van der Waals surface area (Å²) in [5.41, 5.74) is -2.02. The Morgan fingerprint density at radius 2 is 1.95 bits per heavy atom. The van der Waals surface area contributed by atoms with E-state index in [1.54, 1.807) is 20.8 Å². The van der Waals surface area contributed by atoms with E-state index in [0.717, 1.165) is 0 Å². The summed E-state index contributed by atoms with van der Waals surface area (Å²) in [7, 11) is -3.36. The number of hydrogen-bond acceptors (Lipinski definition) is 5. The lowest BCUT2D eigenvalue weighted by Crippen LogP contribution is -2.57. The Morgan fingerprint density at radius 1 is 1.35 bits per heavy atom. The first-order chi connectivity index (χ1) is 8.93. The zero-order chi connectivity index (χ0) is 15.6. The minimum Gasteiger partial charge on any atom is -0.481 e. The van der Waals surface area contributed by atoms with E-state index >= 15 is 0 Å². The second-order valence-electron chi connectivity index (χ2n) is 6.17. The van der Waals surface area contributed by atoms with Crippen LogP contribution in [0.25, 0.3) is 0 Å². The van der Waals surface area contributed by atoms with Crippen LogP contribution in [-0.4, -0.2) is 48.2 Å². The third-order valence-electron chi connectivity index (χ3n) is 2.86. The normalized spacial score (nSPS) is 25.8. The minimum absolute atomic E-state index is 0.0182. The van der Waals surface area contributed by atoms with E-state index in [0.29, 0.717) is 12.8 Å². The van der Waals surface area contributed by atoms with Gasteiger partial charge in [-0.15, -0.1) is 0 Å². The molecule has 0 radical (unpaired) electrons. The zero-order valence-corrected chi connectivity index (χ0v) is 12.7. The fourth-order valence-electron chi connectivity index (χ4n) is 2.29. The Bertz CT molecular complexity index is 493. The Kier molecular flexibility index (Phi) is 4.68. The summed E-state index contributed by atoms with van der Waals surface area (Å²) in [5.74, 6) is -1.51. The summed E-state index contributed by atoms with van der Waals surface area (Å²) in [6, 6.07) is 0. The topological polar surface area (TPSA) is 110 Å². The van der Waals surface area contributed by atoms with Crippen molar-refractivity contribution < 1.29 is 27.9 Å². The van der Waals surface area contributed by atoms with E-state index in [-0.39, 0.29) is 11.5 Å². The Morgan fingerprint density at radius 3 is 2.40 bits per heavy atom. The maximum Gasteiger partial charge on any atom is 0.408 e. The molecule has 0 aliphatic carbocycles. The Balaban J connectivity index is 2.89. The molecule has 1 atom stereocenters. The molecular formula is C12H21NO6S. The third kappa shape index (κ3) is 5.36. The molecule has 1 rings (SSSR count). The molecule has 7 nitrogen and oxygen atoms in total. The number of carbonyl (C=O) groups is 2. The number of rotatable bonds is 3. The maximum absolute atomic E-state index is 11.8. The summed E-state index contributed by atoms with van der Waals surface area (Å²) < 4.78 is 28.5. The van der Waals surface area contributed by atoms with Crippen LogP contribution in [0.4, 0.5) is 4.79 Å². The summed E-state index contributed by atoms with van der Waals surface area (Å²) >= 11 is 0. The molecule has 0 spiro atoms. The predicted molar refractivity (Wildman–Crippen MR) is 72.2 cm³/mol.